The molecule has 1 unspecified atom stereocenters. The number of hydrogen-bond donors (Lipinski definition) is 1. The van der Waals surface area contributed by atoms with Gasteiger partial charge in [0.1, 0.15) is 16.9 Å². The van der Waals surface area contributed by atoms with E-state index in [-0.39, 0.29) is 16.7 Å². The third-order valence-corrected chi connectivity index (χ3v) is 3.88. The van der Waals surface area contributed by atoms with Gasteiger partial charge in [-0.3, -0.25) is 4.79 Å². The topological polar surface area (TPSA) is 56.1 Å². The Balaban J connectivity index is 1.67. The Morgan fingerprint density at radius 1 is 1.48 bits per heavy atom. The molecule has 1 aliphatic rings. The molecule has 0 spiro atoms. The van der Waals surface area contributed by atoms with E-state index in [1.54, 1.807) is 6.20 Å². The number of nitrogens with one attached hydrogen (secondary N) is 1. The molecular formula is C15H16ClN3O2. The minimum Gasteiger partial charge on any atom is -0.488 e. The summed E-state index contributed by atoms with van der Waals surface area (Å²) in [6, 6.07) is 7.99. The molecule has 2 aromatic rings. The second kappa shape index (κ2) is 5.77. The van der Waals surface area contributed by atoms with Gasteiger partial charge in [0.05, 0.1) is 18.4 Å². The van der Waals surface area contributed by atoms with Crippen molar-refractivity contribution in [3.8, 4) is 5.75 Å². The van der Waals surface area contributed by atoms with Gasteiger partial charge in [-0.2, -0.15) is 5.10 Å². The highest BCUT2D eigenvalue weighted by atomic mass is 35.5. The van der Waals surface area contributed by atoms with Gasteiger partial charge in [0.2, 0.25) is 0 Å². The van der Waals surface area contributed by atoms with Gasteiger partial charge in [-0.15, -0.1) is 0 Å². The molecule has 2 heterocycles. The molecule has 6 heteroatoms. The predicted molar refractivity (Wildman–Crippen MR) is 82.2 cm³/mol. The van der Waals surface area contributed by atoms with Gasteiger partial charge in [0, 0.05) is 13.0 Å². The van der Waals surface area contributed by atoms with Crippen molar-refractivity contribution in [2.45, 2.75) is 26.0 Å². The Hall–Kier alpha value is -2.01. The fourth-order valence-corrected chi connectivity index (χ4v) is 2.62. The normalized spacial score (nSPS) is 16.4. The van der Waals surface area contributed by atoms with Crippen molar-refractivity contribution >= 4 is 17.3 Å². The maximum Gasteiger partial charge on any atom is 0.287 e. The van der Waals surface area contributed by atoms with Crippen molar-refractivity contribution in [2.75, 3.05) is 11.9 Å². The molecule has 110 valence electrons. The number of benzene rings is 1. The summed E-state index contributed by atoms with van der Waals surface area (Å²) in [4.78, 5) is 11.9. The predicted octanol–water partition coefficient (Wildman–Crippen LogP) is 2.33. The molecule has 5 nitrogen and oxygen atoms in total. The van der Waals surface area contributed by atoms with Gasteiger partial charge >= 0.3 is 0 Å². The van der Waals surface area contributed by atoms with Crippen molar-refractivity contribution in [3.05, 3.63) is 51.4 Å². The zero-order valence-electron chi connectivity index (χ0n) is 11.7. The summed E-state index contributed by atoms with van der Waals surface area (Å²) < 4.78 is 7.16. The Labute approximate surface area is 127 Å². The molecule has 0 saturated heterocycles. The van der Waals surface area contributed by atoms with Crippen LogP contribution in [0.4, 0.5) is 5.69 Å². The number of para-hydroxylation sites is 1. The molecule has 1 aromatic carbocycles. The number of aryl methyl sites for hydroxylation is 1. The third-order valence-electron chi connectivity index (χ3n) is 3.52. The van der Waals surface area contributed by atoms with Crippen LogP contribution >= 0.6 is 11.6 Å². The highest BCUT2D eigenvalue weighted by Crippen LogP contribution is 2.28. The van der Waals surface area contributed by atoms with Crippen molar-refractivity contribution in [1.82, 2.24) is 9.78 Å². The molecule has 0 fully saturated rings. The van der Waals surface area contributed by atoms with E-state index < -0.39 is 0 Å². The lowest BCUT2D eigenvalue weighted by Gasteiger charge is -2.14. The summed E-state index contributed by atoms with van der Waals surface area (Å²) >= 11 is 6.08. The first kappa shape index (κ1) is 13.9. The largest absolute Gasteiger partial charge is 0.488 e. The van der Waals surface area contributed by atoms with E-state index in [0.29, 0.717) is 18.8 Å². The maximum absolute atomic E-state index is 11.9. The van der Waals surface area contributed by atoms with E-state index in [9.17, 15) is 4.79 Å². The van der Waals surface area contributed by atoms with Crippen molar-refractivity contribution in [1.29, 1.82) is 0 Å². The first-order chi connectivity index (χ1) is 10.2. The Morgan fingerprint density at radius 2 is 2.29 bits per heavy atom. The van der Waals surface area contributed by atoms with Crippen LogP contribution in [0.5, 0.6) is 5.75 Å². The molecule has 3 rings (SSSR count). The van der Waals surface area contributed by atoms with Gasteiger partial charge in [0.15, 0.2) is 0 Å². The van der Waals surface area contributed by atoms with Crippen LogP contribution in [0.25, 0.3) is 0 Å². The number of rotatable bonds is 4. The molecular weight excluding hydrogens is 290 g/mol. The Morgan fingerprint density at radius 3 is 3.05 bits per heavy atom. The summed E-state index contributed by atoms with van der Waals surface area (Å²) in [5, 5.41) is 7.38. The summed E-state index contributed by atoms with van der Waals surface area (Å²) in [5.41, 5.74) is 1.47. The molecule has 1 aliphatic heterocycles. The molecule has 0 radical (unpaired) electrons. The number of fused-ring (bicyclic) bond motifs is 1. The summed E-state index contributed by atoms with van der Waals surface area (Å²) in [5.74, 6) is 0.926. The second-order valence-corrected chi connectivity index (χ2v) is 5.30. The van der Waals surface area contributed by atoms with Crippen molar-refractivity contribution in [2.24, 2.45) is 0 Å². The zero-order chi connectivity index (χ0) is 14.8. The van der Waals surface area contributed by atoms with Gasteiger partial charge in [-0.1, -0.05) is 29.8 Å². The molecule has 0 bridgehead atoms. The van der Waals surface area contributed by atoms with Crippen LogP contribution in [0.1, 0.15) is 12.5 Å². The molecule has 1 atom stereocenters. The molecule has 0 saturated carbocycles. The van der Waals surface area contributed by atoms with Crippen LogP contribution in [0, 0.1) is 0 Å². The van der Waals surface area contributed by atoms with E-state index in [1.807, 2.05) is 25.1 Å². The van der Waals surface area contributed by atoms with Crippen LogP contribution in [0.15, 0.2) is 35.3 Å². The standard InChI is InChI=1S/C15H16ClN3O2/c1-2-19-15(20)14(16)12(9-18-19)17-8-11-7-10-5-3-4-6-13(10)21-11/h3-6,9,11,17H,2,7-8H2,1H3. The zero-order valence-corrected chi connectivity index (χ0v) is 12.4. The maximum atomic E-state index is 11.9. The van der Waals surface area contributed by atoms with E-state index in [1.165, 1.54) is 10.2 Å². The van der Waals surface area contributed by atoms with Crippen molar-refractivity contribution in [3.63, 3.8) is 0 Å². The van der Waals surface area contributed by atoms with Crippen LogP contribution in [-0.4, -0.2) is 22.4 Å². The third kappa shape index (κ3) is 2.74. The smallest absolute Gasteiger partial charge is 0.287 e. The fourth-order valence-electron chi connectivity index (χ4n) is 2.41. The molecule has 1 aromatic heterocycles. The Kier molecular flexibility index (Phi) is 3.84. The lowest BCUT2D eigenvalue weighted by atomic mass is 10.1. The fraction of sp³-hybridized carbons (Fsp3) is 0.333. The highest BCUT2D eigenvalue weighted by molar-refractivity contribution is 6.32. The van der Waals surface area contributed by atoms with Gasteiger partial charge in [0.25, 0.3) is 5.56 Å². The number of aromatic nitrogens is 2. The van der Waals surface area contributed by atoms with E-state index >= 15 is 0 Å². The average Bonchev–Trinajstić information content (AvgIpc) is 2.91. The lowest BCUT2D eigenvalue weighted by molar-refractivity contribution is 0.246. The second-order valence-electron chi connectivity index (χ2n) is 4.93. The van der Waals surface area contributed by atoms with Gasteiger partial charge in [-0.05, 0) is 18.6 Å². The van der Waals surface area contributed by atoms with E-state index in [2.05, 4.69) is 16.5 Å². The molecule has 21 heavy (non-hydrogen) atoms. The molecule has 0 amide bonds. The monoisotopic (exact) mass is 305 g/mol. The SMILES string of the molecule is CCn1ncc(NCC2Cc3ccccc3O2)c(Cl)c1=O. The number of halogens is 1. The summed E-state index contributed by atoms with van der Waals surface area (Å²) in [7, 11) is 0. The first-order valence-electron chi connectivity index (χ1n) is 6.93. The quantitative estimate of drug-likeness (QED) is 0.942. The first-order valence-corrected chi connectivity index (χ1v) is 7.31. The summed E-state index contributed by atoms with van der Waals surface area (Å²) in [6.45, 7) is 2.92. The van der Waals surface area contributed by atoms with E-state index in [4.69, 9.17) is 16.3 Å². The molecule has 1 N–H and O–H groups in total. The minimum atomic E-state index is -0.278. The van der Waals surface area contributed by atoms with Crippen molar-refractivity contribution < 1.29 is 4.74 Å². The highest BCUT2D eigenvalue weighted by Gasteiger charge is 2.22. The van der Waals surface area contributed by atoms with Crippen LogP contribution < -0.4 is 15.6 Å². The van der Waals surface area contributed by atoms with Gasteiger partial charge < -0.3 is 10.1 Å². The lowest BCUT2D eigenvalue weighted by Crippen LogP contribution is -2.27. The minimum absolute atomic E-state index is 0.0343. The molecule has 0 aliphatic carbocycles. The number of ether oxygens (including phenoxy) is 1. The van der Waals surface area contributed by atoms with Gasteiger partial charge in [-0.25, -0.2) is 4.68 Å². The number of anilines is 1. The number of nitrogens with zero attached hydrogens (tertiary/aromatic N) is 2. The van der Waals surface area contributed by atoms with Crippen LogP contribution in [0.3, 0.4) is 0 Å². The summed E-state index contributed by atoms with van der Waals surface area (Å²) in [6.07, 6.45) is 2.46. The van der Waals surface area contributed by atoms with Crippen LogP contribution in [-0.2, 0) is 13.0 Å². The van der Waals surface area contributed by atoms with E-state index in [0.717, 1.165) is 12.2 Å². The Bertz CT molecular complexity index is 689. The van der Waals surface area contributed by atoms with Crippen LogP contribution in [0.2, 0.25) is 5.02 Å². The average molecular weight is 306 g/mol. The number of hydrogen-bond acceptors (Lipinski definition) is 4.